The summed E-state index contributed by atoms with van der Waals surface area (Å²) in [4.78, 5) is 16.1. The first-order valence-corrected chi connectivity index (χ1v) is 7.96. The van der Waals surface area contributed by atoms with E-state index in [9.17, 15) is 0 Å². The molecule has 0 bridgehead atoms. The van der Waals surface area contributed by atoms with E-state index in [1.807, 2.05) is 36.1 Å². The number of anilines is 1. The molecular formula is C17H19N5O. The lowest BCUT2D eigenvalue weighted by molar-refractivity contribution is 0.565. The zero-order chi connectivity index (χ0) is 15.6. The number of aryl methyl sites for hydroxylation is 1. The fraction of sp³-hybridized carbons (Fsp3) is 0.353. The van der Waals surface area contributed by atoms with Gasteiger partial charge in [-0.25, -0.2) is 15.0 Å². The van der Waals surface area contributed by atoms with Crippen LogP contribution in [0.3, 0.4) is 0 Å². The Hall–Kier alpha value is -2.63. The topological polar surface area (TPSA) is 60.0 Å². The fourth-order valence-electron chi connectivity index (χ4n) is 3.01. The molecule has 0 saturated carbocycles. The zero-order valence-corrected chi connectivity index (χ0v) is 13.1. The summed E-state index contributed by atoms with van der Waals surface area (Å²) in [5.41, 5.74) is 1.67. The van der Waals surface area contributed by atoms with E-state index in [-0.39, 0.29) is 0 Å². The van der Waals surface area contributed by atoms with E-state index in [0.29, 0.717) is 0 Å². The standard InChI is InChI=1S/C17H19N5O/c1-21-10-7-18-16(21)13-12-19-17(22-8-3-2-4-9-22)20-15(13)14-6-5-11-23-14/h5-7,10-12H,2-4,8-9H2,1H3. The third kappa shape index (κ3) is 2.60. The van der Waals surface area contributed by atoms with Gasteiger partial charge in [-0.2, -0.15) is 0 Å². The number of piperidine rings is 1. The van der Waals surface area contributed by atoms with E-state index in [4.69, 9.17) is 9.40 Å². The van der Waals surface area contributed by atoms with Crippen LogP contribution in [0.2, 0.25) is 0 Å². The van der Waals surface area contributed by atoms with Gasteiger partial charge in [0, 0.05) is 38.7 Å². The van der Waals surface area contributed by atoms with E-state index in [2.05, 4.69) is 14.9 Å². The molecule has 1 aliphatic rings. The van der Waals surface area contributed by atoms with E-state index in [0.717, 1.165) is 41.9 Å². The Balaban J connectivity index is 1.82. The second-order valence-electron chi connectivity index (χ2n) is 5.82. The molecule has 0 spiro atoms. The number of furan rings is 1. The van der Waals surface area contributed by atoms with Gasteiger partial charge in [0.1, 0.15) is 11.5 Å². The SMILES string of the molecule is Cn1ccnc1-c1cnc(N2CCCCC2)nc1-c1ccco1. The van der Waals surface area contributed by atoms with Crippen molar-refractivity contribution in [1.29, 1.82) is 0 Å². The van der Waals surface area contributed by atoms with Gasteiger partial charge in [0.05, 0.1) is 11.8 Å². The molecule has 4 rings (SSSR count). The molecule has 4 heterocycles. The van der Waals surface area contributed by atoms with Gasteiger partial charge in [0.25, 0.3) is 0 Å². The molecule has 118 valence electrons. The molecular weight excluding hydrogens is 290 g/mol. The minimum Gasteiger partial charge on any atom is -0.463 e. The highest BCUT2D eigenvalue weighted by molar-refractivity contribution is 5.75. The summed E-state index contributed by atoms with van der Waals surface area (Å²) in [5, 5.41) is 0. The van der Waals surface area contributed by atoms with Gasteiger partial charge in [0.15, 0.2) is 5.76 Å². The average Bonchev–Trinajstić information content (AvgIpc) is 3.27. The summed E-state index contributed by atoms with van der Waals surface area (Å²) in [6.45, 7) is 2.03. The van der Waals surface area contributed by atoms with Gasteiger partial charge in [-0.15, -0.1) is 0 Å². The number of aromatic nitrogens is 4. The quantitative estimate of drug-likeness (QED) is 0.744. The van der Waals surface area contributed by atoms with Crippen molar-refractivity contribution in [2.75, 3.05) is 18.0 Å². The second kappa shape index (κ2) is 5.87. The van der Waals surface area contributed by atoms with Gasteiger partial charge >= 0.3 is 0 Å². The maximum Gasteiger partial charge on any atom is 0.226 e. The van der Waals surface area contributed by atoms with Gasteiger partial charge in [-0.1, -0.05) is 0 Å². The maximum atomic E-state index is 5.59. The van der Waals surface area contributed by atoms with Crippen LogP contribution < -0.4 is 4.90 Å². The molecule has 0 atom stereocenters. The Morgan fingerprint density at radius 1 is 1.13 bits per heavy atom. The summed E-state index contributed by atoms with van der Waals surface area (Å²) in [5.74, 6) is 2.35. The molecule has 0 N–H and O–H groups in total. The van der Waals surface area contributed by atoms with Crippen molar-refractivity contribution in [3.8, 4) is 22.8 Å². The minimum atomic E-state index is 0.739. The number of hydrogen-bond acceptors (Lipinski definition) is 5. The van der Waals surface area contributed by atoms with Crippen molar-refractivity contribution < 1.29 is 4.42 Å². The summed E-state index contributed by atoms with van der Waals surface area (Å²) in [7, 11) is 1.97. The molecule has 0 aromatic carbocycles. The highest BCUT2D eigenvalue weighted by Crippen LogP contribution is 2.31. The average molecular weight is 309 g/mol. The van der Waals surface area contributed by atoms with Crippen molar-refractivity contribution >= 4 is 5.95 Å². The summed E-state index contributed by atoms with van der Waals surface area (Å²) in [6, 6.07) is 3.80. The zero-order valence-electron chi connectivity index (χ0n) is 13.1. The number of imidazole rings is 1. The van der Waals surface area contributed by atoms with Crippen LogP contribution in [0.15, 0.2) is 41.4 Å². The second-order valence-corrected chi connectivity index (χ2v) is 5.82. The van der Waals surface area contributed by atoms with Gasteiger partial charge < -0.3 is 13.9 Å². The minimum absolute atomic E-state index is 0.739. The third-order valence-electron chi connectivity index (χ3n) is 4.23. The molecule has 0 radical (unpaired) electrons. The van der Waals surface area contributed by atoms with Crippen molar-refractivity contribution in [3.63, 3.8) is 0 Å². The lowest BCUT2D eigenvalue weighted by Gasteiger charge is -2.27. The Morgan fingerprint density at radius 2 is 2.00 bits per heavy atom. The van der Waals surface area contributed by atoms with Crippen LogP contribution in [-0.4, -0.2) is 32.6 Å². The van der Waals surface area contributed by atoms with Crippen LogP contribution in [0.1, 0.15) is 19.3 Å². The van der Waals surface area contributed by atoms with Crippen LogP contribution in [0.4, 0.5) is 5.95 Å². The molecule has 23 heavy (non-hydrogen) atoms. The first kappa shape index (κ1) is 14.0. The predicted octanol–water partition coefficient (Wildman–Crippen LogP) is 3.13. The van der Waals surface area contributed by atoms with Crippen molar-refractivity contribution in [2.24, 2.45) is 7.05 Å². The molecule has 3 aromatic heterocycles. The van der Waals surface area contributed by atoms with Gasteiger partial charge in [-0.05, 0) is 31.4 Å². The molecule has 1 aliphatic heterocycles. The Morgan fingerprint density at radius 3 is 2.70 bits per heavy atom. The first-order chi connectivity index (χ1) is 11.3. The van der Waals surface area contributed by atoms with E-state index in [1.165, 1.54) is 19.3 Å². The van der Waals surface area contributed by atoms with E-state index < -0.39 is 0 Å². The molecule has 1 saturated heterocycles. The Kier molecular flexibility index (Phi) is 3.57. The third-order valence-corrected chi connectivity index (χ3v) is 4.23. The van der Waals surface area contributed by atoms with Crippen molar-refractivity contribution in [1.82, 2.24) is 19.5 Å². The smallest absolute Gasteiger partial charge is 0.226 e. The van der Waals surface area contributed by atoms with Crippen molar-refractivity contribution in [3.05, 3.63) is 37.0 Å². The molecule has 6 nitrogen and oxygen atoms in total. The van der Waals surface area contributed by atoms with Gasteiger partial charge in [0.2, 0.25) is 5.95 Å². The molecule has 0 unspecified atom stereocenters. The fourth-order valence-corrected chi connectivity index (χ4v) is 3.01. The molecule has 1 fully saturated rings. The number of nitrogens with zero attached hydrogens (tertiary/aromatic N) is 5. The van der Waals surface area contributed by atoms with Crippen LogP contribution >= 0.6 is 0 Å². The number of rotatable bonds is 3. The molecule has 0 aliphatic carbocycles. The summed E-state index contributed by atoms with van der Waals surface area (Å²) < 4.78 is 7.56. The Bertz CT molecular complexity index is 787. The highest BCUT2D eigenvalue weighted by Gasteiger charge is 2.20. The molecule has 0 amide bonds. The van der Waals surface area contributed by atoms with Crippen LogP contribution in [0, 0.1) is 0 Å². The molecule has 6 heteroatoms. The normalized spacial score (nSPS) is 15.1. The van der Waals surface area contributed by atoms with E-state index in [1.54, 1.807) is 12.5 Å². The van der Waals surface area contributed by atoms with Crippen LogP contribution in [0.25, 0.3) is 22.8 Å². The molecule has 3 aromatic rings. The summed E-state index contributed by atoms with van der Waals surface area (Å²) in [6.07, 6.45) is 10.9. The van der Waals surface area contributed by atoms with Crippen LogP contribution in [0.5, 0.6) is 0 Å². The van der Waals surface area contributed by atoms with E-state index >= 15 is 0 Å². The Labute approximate surface area is 134 Å². The van der Waals surface area contributed by atoms with Crippen LogP contribution in [-0.2, 0) is 7.05 Å². The highest BCUT2D eigenvalue weighted by atomic mass is 16.3. The number of hydrogen-bond donors (Lipinski definition) is 0. The lowest BCUT2D eigenvalue weighted by atomic mass is 10.1. The largest absolute Gasteiger partial charge is 0.463 e. The summed E-state index contributed by atoms with van der Waals surface area (Å²) >= 11 is 0. The van der Waals surface area contributed by atoms with Gasteiger partial charge in [-0.3, -0.25) is 0 Å². The van der Waals surface area contributed by atoms with Crippen molar-refractivity contribution in [2.45, 2.75) is 19.3 Å². The predicted molar refractivity (Wildman–Crippen MR) is 88.0 cm³/mol. The lowest BCUT2D eigenvalue weighted by Crippen LogP contribution is -2.31. The monoisotopic (exact) mass is 309 g/mol. The maximum absolute atomic E-state index is 5.59. The first-order valence-electron chi connectivity index (χ1n) is 7.96.